The average Bonchev–Trinajstić information content (AvgIpc) is 2.98. The van der Waals surface area contributed by atoms with Gasteiger partial charge in [-0.3, -0.25) is 0 Å². The van der Waals surface area contributed by atoms with Crippen LogP contribution in [-0.2, 0) is 29.3 Å². The molecule has 0 heterocycles. The molecule has 4 rings (SSSR count). The molecule has 0 aliphatic carbocycles. The van der Waals surface area contributed by atoms with E-state index in [9.17, 15) is 20.4 Å². The maximum atomic E-state index is 13.2. The largest absolute Gasteiger partial charge is 0.395 e. The third kappa shape index (κ3) is 6.34. The molecule has 0 saturated carbocycles. The highest BCUT2D eigenvalue weighted by atomic mass is 16.3. The molecule has 0 radical (unpaired) electrons. The molecular weight excluding hydrogens is 532 g/mol. The Morgan fingerprint density at radius 2 is 0.674 bits per heavy atom. The van der Waals surface area contributed by atoms with Crippen molar-refractivity contribution in [3.05, 3.63) is 142 Å². The number of benzene rings is 4. The zero-order valence-corrected chi connectivity index (χ0v) is 26.6. The molecule has 0 fully saturated rings. The van der Waals surface area contributed by atoms with E-state index < -0.39 is 30.8 Å². The second-order valence-corrected chi connectivity index (χ2v) is 13.9. The number of hydrogen-bond acceptors (Lipinski definition) is 4. The molecule has 0 amide bonds. The Morgan fingerprint density at radius 3 is 0.953 bits per heavy atom. The highest BCUT2D eigenvalue weighted by Gasteiger charge is 2.53. The third-order valence-electron chi connectivity index (χ3n) is 8.90. The summed E-state index contributed by atoms with van der Waals surface area (Å²) in [5.41, 5.74) is 3.82. The average molecular weight is 581 g/mol. The highest BCUT2D eigenvalue weighted by molar-refractivity contribution is 5.51. The molecule has 4 heteroatoms. The van der Waals surface area contributed by atoms with Crippen molar-refractivity contribution in [3.63, 3.8) is 0 Å². The van der Waals surface area contributed by atoms with Gasteiger partial charge in [0.15, 0.2) is 0 Å². The maximum Gasteiger partial charge on any atom is 0.127 e. The first-order valence-electron chi connectivity index (χ1n) is 15.2. The van der Waals surface area contributed by atoms with E-state index >= 15 is 0 Å². The predicted molar refractivity (Wildman–Crippen MR) is 175 cm³/mol. The second kappa shape index (κ2) is 12.8. The minimum atomic E-state index is -1.91. The molecule has 228 valence electrons. The molecular formula is C39H48O4. The first-order chi connectivity index (χ1) is 20.3. The second-order valence-electron chi connectivity index (χ2n) is 13.9. The zero-order chi connectivity index (χ0) is 31.5. The Hall–Kier alpha value is -3.28. The van der Waals surface area contributed by atoms with Gasteiger partial charge in [-0.05, 0) is 68.2 Å². The molecule has 4 aromatic rings. The topological polar surface area (TPSA) is 80.9 Å². The standard InChI is InChI=1S/C39H48O4/c1-36(2,3)32-19-11-7-15-28(32)23-30-17-9-13-21-34(30)39(43,38(25-40,26-41)27-42)35-22-14-10-18-31(35)24-29-16-8-12-20-33(29)37(4,5)6/h7-22,40-43H,23-27H2,1-6H3. The van der Waals surface area contributed by atoms with Crippen molar-refractivity contribution < 1.29 is 20.4 Å². The van der Waals surface area contributed by atoms with E-state index in [1.165, 1.54) is 11.1 Å². The fourth-order valence-electron chi connectivity index (χ4n) is 6.49. The van der Waals surface area contributed by atoms with Crippen LogP contribution in [0.2, 0.25) is 0 Å². The number of aliphatic hydroxyl groups is 4. The molecule has 0 bridgehead atoms. The minimum Gasteiger partial charge on any atom is -0.395 e. The fraction of sp³-hybridized carbons (Fsp3) is 0.385. The van der Waals surface area contributed by atoms with Gasteiger partial charge in [-0.2, -0.15) is 0 Å². The molecule has 43 heavy (non-hydrogen) atoms. The Balaban J connectivity index is 1.98. The molecule has 4 nitrogen and oxygen atoms in total. The summed E-state index contributed by atoms with van der Waals surface area (Å²) in [5.74, 6) is 0. The Kier molecular flexibility index (Phi) is 9.68. The summed E-state index contributed by atoms with van der Waals surface area (Å²) < 4.78 is 0. The van der Waals surface area contributed by atoms with Crippen LogP contribution in [0.5, 0.6) is 0 Å². The van der Waals surface area contributed by atoms with Gasteiger partial charge in [-0.1, -0.05) is 139 Å². The van der Waals surface area contributed by atoms with Gasteiger partial charge in [-0.15, -0.1) is 0 Å². The van der Waals surface area contributed by atoms with Crippen molar-refractivity contribution >= 4 is 0 Å². The van der Waals surface area contributed by atoms with Crippen LogP contribution in [0.25, 0.3) is 0 Å². The van der Waals surface area contributed by atoms with E-state index in [-0.39, 0.29) is 10.8 Å². The van der Waals surface area contributed by atoms with Gasteiger partial charge in [0.1, 0.15) is 5.60 Å². The minimum absolute atomic E-state index is 0.0834. The summed E-state index contributed by atoms with van der Waals surface area (Å²) in [7, 11) is 0. The summed E-state index contributed by atoms with van der Waals surface area (Å²) in [6.45, 7) is 11.3. The third-order valence-corrected chi connectivity index (χ3v) is 8.90. The molecule has 4 aromatic carbocycles. The molecule has 4 N–H and O–H groups in total. The predicted octanol–water partition coefficient (Wildman–Crippen LogP) is 6.66. The maximum absolute atomic E-state index is 13.2. The quantitative estimate of drug-likeness (QED) is 0.169. The summed E-state index contributed by atoms with van der Waals surface area (Å²) in [5, 5.41) is 45.6. The molecule has 0 atom stereocenters. The van der Waals surface area contributed by atoms with Gasteiger partial charge in [-0.25, -0.2) is 0 Å². The number of rotatable bonds is 10. The van der Waals surface area contributed by atoms with Crippen molar-refractivity contribution in [2.45, 2.75) is 70.8 Å². The van der Waals surface area contributed by atoms with Crippen LogP contribution in [0, 0.1) is 5.41 Å². The lowest BCUT2D eigenvalue weighted by molar-refractivity contribution is -0.136. The van der Waals surface area contributed by atoms with Gasteiger partial charge in [0, 0.05) is 0 Å². The summed E-state index contributed by atoms with van der Waals surface area (Å²) in [6.07, 6.45) is 1.08. The molecule has 0 aromatic heterocycles. The van der Waals surface area contributed by atoms with Gasteiger partial charge in [0.25, 0.3) is 0 Å². The monoisotopic (exact) mass is 580 g/mol. The van der Waals surface area contributed by atoms with Crippen LogP contribution in [-0.4, -0.2) is 40.2 Å². The molecule has 0 unspecified atom stereocenters. The van der Waals surface area contributed by atoms with Crippen molar-refractivity contribution in [3.8, 4) is 0 Å². The first-order valence-corrected chi connectivity index (χ1v) is 15.2. The Morgan fingerprint density at radius 1 is 0.419 bits per heavy atom. The van der Waals surface area contributed by atoms with Crippen LogP contribution >= 0.6 is 0 Å². The lowest BCUT2D eigenvalue weighted by Gasteiger charge is -2.46. The van der Waals surface area contributed by atoms with Crippen molar-refractivity contribution in [2.75, 3.05) is 19.8 Å². The number of aliphatic hydroxyl groups excluding tert-OH is 3. The molecule has 0 saturated heterocycles. The van der Waals surface area contributed by atoms with Gasteiger partial charge in [0.05, 0.1) is 25.2 Å². The van der Waals surface area contributed by atoms with Crippen LogP contribution < -0.4 is 0 Å². The number of hydrogen-bond donors (Lipinski definition) is 4. The summed E-state index contributed by atoms with van der Waals surface area (Å²) >= 11 is 0. The van der Waals surface area contributed by atoms with Gasteiger partial charge in [0.2, 0.25) is 0 Å². The van der Waals surface area contributed by atoms with Crippen molar-refractivity contribution in [2.24, 2.45) is 5.41 Å². The fourth-order valence-corrected chi connectivity index (χ4v) is 6.49. The highest BCUT2D eigenvalue weighted by Crippen LogP contribution is 2.48. The van der Waals surface area contributed by atoms with E-state index in [0.29, 0.717) is 24.0 Å². The normalized spacial score (nSPS) is 12.9. The van der Waals surface area contributed by atoms with E-state index in [4.69, 9.17) is 0 Å². The van der Waals surface area contributed by atoms with Crippen LogP contribution in [0.15, 0.2) is 97.1 Å². The summed E-state index contributed by atoms with van der Waals surface area (Å²) in [4.78, 5) is 0. The summed E-state index contributed by atoms with van der Waals surface area (Å²) in [6, 6.07) is 32.0. The SMILES string of the molecule is CC(C)(C)c1ccccc1Cc1ccccc1C(O)(c1ccccc1Cc1ccccc1C(C)(C)C)C(CO)(CO)CO. The lowest BCUT2D eigenvalue weighted by atomic mass is 9.63. The van der Waals surface area contributed by atoms with E-state index in [0.717, 1.165) is 22.3 Å². The van der Waals surface area contributed by atoms with E-state index in [2.05, 4.69) is 65.8 Å². The van der Waals surface area contributed by atoms with Gasteiger partial charge >= 0.3 is 0 Å². The van der Waals surface area contributed by atoms with Crippen molar-refractivity contribution in [1.29, 1.82) is 0 Å². The van der Waals surface area contributed by atoms with Crippen LogP contribution in [0.1, 0.15) is 86.1 Å². The molecule has 0 aliphatic rings. The Bertz CT molecular complexity index is 1410. The van der Waals surface area contributed by atoms with Gasteiger partial charge < -0.3 is 20.4 Å². The Labute approximate surface area is 257 Å². The first kappa shape index (κ1) is 32.6. The lowest BCUT2D eigenvalue weighted by Crippen LogP contribution is -2.55. The van der Waals surface area contributed by atoms with Crippen LogP contribution in [0.4, 0.5) is 0 Å². The molecule has 0 aliphatic heterocycles. The molecule has 0 spiro atoms. The smallest absolute Gasteiger partial charge is 0.127 e. The van der Waals surface area contributed by atoms with E-state index in [1.807, 2.05) is 72.8 Å². The van der Waals surface area contributed by atoms with Crippen LogP contribution in [0.3, 0.4) is 0 Å². The zero-order valence-electron chi connectivity index (χ0n) is 26.6. The van der Waals surface area contributed by atoms with E-state index in [1.54, 1.807) is 0 Å². The van der Waals surface area contributed by atoms with Crippen molar-refractivity contribution in [1.82, 2.24) is 0 Å².